The number of carboxylic acids is 1. The molecule has 1 atom stereocenters. The molecular formula is C14H20N2O4S. The maximum atomic E-state index is 12.1. The topological polar surface area (TPSA) is 86.7 Å². The third kappa shape index (κ3) is 4.52. The van der Waals surface area contributed by atoms with E-state index in [-0.39, 0.29) is 6.42 Å². The van der Waals surface area contributed by atoms with Crippen LogP contribution in [0.2, 0.25) is 0 Å². The smallest absolute Gasteiger partial charge is 0.321 e. The fourth-order valence-electron chi connectivity index (χ4n) is 2.37. The number of aliphatic carboxylic acids is 1. The molecule has 2 N–H and O–H groups in total. The summed E-state index contributed by atoms with van der Waals surface area (Å²) in [6, 6.07) is 8.32. The molecule has 116 valence electrons. The molecule has 0 aliphatic carbocycles. The first-order chi connectivity index (χ1) is 9.99. The standard InChI is InChI=1S/C14H20N2O4S/c17-14(18)13(9-8-12-6-2-1-3-7-12)15-21(19,20)16-10-4-5-11-16/h1-3,6-7,13,15H,4-5,8-11H2,(H,17,18)/t13-/m0/s1. The quantitative estimate of drug-likeness (QED) is 0.786. The number of hydrogen-bond acceptors (Lipinski definition) is 3. The zero-order valence-electron chi connectivity index (χ0n) is 11.7. The predicted molar refractivity (Wildman–Crippen MR) is 79.0 cm³/mol. The number of rotatable bonds is 7. The van der Waals surface area contributed by atoms with Crippen LogP contribution in [-0.2, 0) is 21.4 Å². The Kier molecular flexibility index (Phi) is 5.33. The van der Waals surface area contributed by atoms with Crippen molar-refractivity contribution in [2.75, 3.05) is 13.1 Å². The first-order valence-corrected chi connectivity index (χ1v) is 8.47. The Morgan fingerprint density at radius 3 is 2.43 bits per heavy atom. The molecule has 1 saturated heterocycles. The fourth-order valence-corrected chi connectivity index (χ4v) is 3.84. The van der Waals surface area contributed by atoms with Crippen molar-refractivity contribution in [2.24, 2.45) is 0 Å². The minimum Gasteiger partial charge on any atom is -0.480 e. The van der Waals surface area contributed by atoms with Gasteiger partial charge < -0.3 is 5.11 Å². The summed E-state index contributed by atoms with van der Waals surface area (Å²) < 4.78 is 27.8. The van der Waals surface area contributed by atoms with Crippen LogP contribution >= 0.6 is 0 Å². The summed E-state index contributed by atoms with van der Waals surface area (Å²) in [6.45, 7) is 0.917. The van der Waals surface area contributed by atoms with Crippen molar-refractivity contribution >= 4 is 16.2 Å². The molecule has 21 heavy (non-hydrogen) atoms. The summed E-state index contributed by atoms with van der Waals surface area (Å²) >= 11 is 0. The second kappa shape index (κ2) is 7.02. The Balaban J connectivity index is 1.97. The van der Waals surface area contributed by atoms with E-state index >= 15 is 0 Å². The molecule has 0 amide bonds. The van der Waals surface area contributed by atoms with E-state index in [9.17, 15) is 18.3 Å². The summed E-state index contributed by atoms with van der Waals surface area (Å²) in [4.78, 5) is 11.3. The van der Waals surface area contributed by atoms with E-state index in [2.05, 4.69) is 4.72 Å². The van der Waals surface area contributed by atoms with Crippen LogP contribution in [0, 0.1) is 0 Å². The predicted octanol–water partition coefficient (Wildman–Crippen LogP) is 1.00. The van der Waals surface area contributed by atoms with Crippen LogP contribution in [-0.4, -0.2) is 42.9 Å². The molecule has 2 rings (SSSR count). The number of aryl methyl sites for hydroxylation is 1. The highest BCUT2D eigenvalue weighted by Crippen LogP contribution is 2.13. The number of nitrogens with zero attached hydrogens (tertiary/aromatic N) is 1. The van der Waals surface area contributed by atoms with Gasteiger partial charge in [0.2, 0.25) is 0 Å². The largest absolute Gasteiger partial charge is 0.480 e. The summed E-state index contributed by atoms with van der Waals surface area (Å²) in [7, 11) is -3.71. The molecule has 0 bridgehead atoms. The molecule has 1 heterocycles. The van der Waals surface area contributed by atoms with Crippen LogP contribution in [0.4, 0.5) is 0 Å². The number of benzene rings is 1. The van der Waals surface area contributed by atoms with E-state index in [1.807, 2.05) is 30.3 Å². The molecule has 7 heteroatoms. The molecule has 0 radical (unpaired) electrons. The maximum absolute atomic E-state index is 12.1. The lowest BCUT2D eigenvalue weighted by Crippen LogP contribution is -2.47. The molecule has 1 fully saturated rings. The van der Waals surface area contributed by atoms with E-state index in [0.717, 1.165) is 18.4 Å². The zero-order valence-corrected chi connectivity index (χ0v) is 12.6. The summed E-state index contributed by atoms with van der Waals surface area (Å²) in [5, 5.41) is 9.21. The first kappa shape index (κ1) is 15.9. The van der Waals surface area contributed by atoms with Crippen LogP contribution in [0.5, 0.6) is 0 Å². The number of carbonyl (C=O) groups is 1. The third-order valence-electron chi connectivity index (χ3n) is 3.56. The van der Waals surface area contributed by atoms with Crippen molar-refractivity contribution < 1.29 is 18.3 Å². The van der Waals surface area contributed by atoms with Crippen molar-refractivity contribution in [1.29, 1.82) is 0 Å². The van der Waals surface area contributed by atoms with Gasteiger partial charge in [0, 0.05) is 13.1 Å². The van der Waals surface area contributed by atoms with Crippen molar-refractivity contribution in [2.45, 2.75) is 31.7 Å². The molecule has 6 nitrogen and oxygen atoms in total. The van der Waals surface area contributed by atoms with Gasteiger partial charge in [0.25, 0.3) is 10.2 Å². The van der Waals surface area contributed by atoms with Gasteiger partial charge in [-0.2, -0.15) is 17.4 Å². The molecule has 1 aromatic carbocycles. The molecular weight excluding hydrogens is 292 g/mol. The van der Waals surface area contributed by atoms with Gasteiger partial charge in [-0.15, -0.1) is 0 Å². The fraction of sp³-hybridized carbons (Fsp3) is 0.500. The molecule has 0 aromatic heterocycles. The normalized spacial score (nSPS) is 17.7. The Hall–Kier alpha value is -1.44. The Labute approximate surface area is 125 Å². The minimum atomic E-state index is -3.71. The van der Waals surface area contributed by atoms with Crippen molar-refractivity contribution in [1.82, 2.24) is 9.03 Å². The summed E-state index contributed by atoms with van der Waals surface area (Å²) in [5.41, 5.74) is 0.990. The molecule has 1 aliphatic heterocycles. The molecule has 0 unspecified atom stereocenters. The Morgan fingerprint density at radius 1 is 1.24 bits per heavy atom. The monoisotopic (exact) mass is 312 g/mol. The first-order valence-electron chi connectivity index (χ1n) is 7.03. The lowest BCUT2D eigenvalue weighted by Gasteiger charge is -2.20. The van der Waals surface area contributed by atoms with Gasteiger partial charge in [-0.3, -0.25) is 4.79 Å². The molecule has 1 aromatic rings. The maximum Gasteiger partial charge on any atom is 0.321 e. The molecule has 0 spiro atoms. The number of carboxylic acid groups (broad SMARTS) is 1. The van der Waals surface area contributed by atoms with Crippen molar-refractivity contribution in [3.05, 3.63) is 35.9 Å². The summed E-state index contributed by atoms with van der Waals surface area (Å²) in [6.07, 6.45) is 2.39. The van der Waals surface area contributed by atoms with Gasteiger partial charge in [0.1, 0.15) is 6.04 Å². The SMILES string of the molecule is O=C(O)[C@H](CCc1ccccc1)NS(=O)(=O)N1CCCC1. The van der Waals surface area contributed by atoms with Gasteiger partial charge in [-0.05, 0) is 31.2 Å². The second-order valence-electron chi connectivity index (χ2n) is 5.14. The Bertz CT molecular complexity index is 568. The van der Waals surface area contributed by atoms with E-state index in [0.29, 0.717) is 19.5 Å². The third-order valence-corrected chi connectivity index (χ3v) is 5.19. The van der Waals surface area contributed by atoms with Crippen LogP contribution < -0.4 is 4.72 Å². The Morgan fingerprint density at radius 2 is 1.86 bits per heavy atom. The highest BCUT2D eigenvalue weighted by atomic mass is 32.2. The van der Waals surface area contributed by atoms with E-state index in [1.54, 1.807) is 0 Å². The number of nitrogens with one attached hydrogen (secondary N) is 1. The van der Waals surface area contributed by atoms with Crippen LogP contribution in [0.15, 0.2) is 30.3 Å². The van der Waals surface area contributed by atoms with Gasteiger partial charge in [-0.25, -0.2) is 0 Å². The second-order valence-corrected chi connectivity index (χ2v) is 6.85. The van der Waals surface area contributed by atoms with E-state index < -0.39 is 22.2 Å². The highest BCUT2D eigenvalue weighted by Gasteiger charge is 2.30. The van der Waals surface area contributed by atoms with Crippen LogP contribution in [0.3, 0.4) is 0 Å². The van der Waals surface area contributed by atoms with Gasteiger partial charge >= 0.3 is 5.97 Å². The highest BCUT2D eigenvalue weighted by molar-refractivity contribution is 7.87. The van der Waals surface area contributed by atoms with Gasteiger partial charge in [-0.1, -0.05) is 30.3 Å². The van der Waals surface area contributed by atoms with Crippen molar-refractivity contribution in [3.8, 4) is 0 Å². The van der Waals surface area contributed by atoms with Gasteiger partial charge in [0.15, 0.2) is 0 Å². The van der Waals surface area contributed by atoms with Crippen LogP contribution in [0.1, 0.15) is 24.8 Å². The number of hydrogen-bond donors (Lipinski definition) is 2. The average molecular weight is 312 g/mol. The average Bonchev–Trinajstić information content (AvgIpc) is 2.99. The minimum absolute atomic E-state index is 0.229. The molecule has 0 saturated carbocycles. The van der Waals surface area contributed by atoms with E-state index in [4.69, 9.17) is 0 Å². The lowest BCUT2D eigenvalue weighted by molar-refractivity contribution is -0.139. The van der Waals surface area contributed by atoms with E-state index in [1.165, 1.54) is 4.31 Å². The van der Waals surface area contributed by atoms with Gasteiger partial charge in [0.05, 0.1) is 0 Å². The lowest BCUT2D eigenvalue weighted by atomic mass is 10.1. The van der Waals surface area contributed by atoms with Crippen LogP contribution in [0.25, 0.3) is 0 Å². The zero-order chi connectivity index (χ0) is 15.3. The van der Waals surface area contributed by atoms with Crippen molar-refractivity contribution in [3.63, 3.8) is 0 Å². The summed E-state index contributed by atoms with van der Waals surface area (Å²) in [5.74, 6) is -1.14. The molecule has 1 aliphatic rings.